The van der Waals surface area contributed by atoms with Gasteiger partial charge in [-0.15, -0.1) is 9.24 Å². The lowest BCUT2D eigenvalue weighted by atomic mass is 9.99. The molecule has 3 rings (SSSR count). The van der Waals surface area contributed by atoms with E-state index in [1.807, 2.05) is 0 Å². The van der Waals surface area contributed by atoms with E-state index in [0.717, 1.165) is 0 Å². The van der Waals surface area contributed by atoms with Gasteiger partial charge < -0.3 is 0 Å². The van der Waals surface area contributed by atoms with Crippen LogP contribution in [0.15, 0.2) is 72.8 Å². The number of hydrogen-bond donors (Lipinski definition) is 0. The van der Waals surface area contributed by atoms with Gasteiger partial charge in [0, 0.05) is 0 Å². The summed E-state index contributed by atoms with van der Waals surface area (Å²) in [6.07, 6.45) is 0. The van der Waals surface area contributed by atoms with Crippen LogP contribution in [0, 0.1) is 6.92 Å². The summed E-state index contributed by atoms with van der Waals surface area (Å²) in [5.74, 6) is 0. The number of hydrogen-bond acceptors (Lipinski definition) is 0. The maximum absolute atomic E-state index is 2.72. The standard InChI is InChI=1S/C19H17P/c1-14-5-7-15(8-6-14)17-3-2-4-18(13-17)16-9-11-19(20)12-10-16/h2-13H,20H2,1H3. The second kappa shape index (κ2) is 5.61. The van der Waals surface area contributed by atoms with Gasteiger partial charge in [0.2, 0.25) is 0 Å². The van der Waals surface area contributed by atoms with E-state index in [9.17, 15) is 0 Å². The van der Waals surface area contributed by atoms with Gasteiger partial charge in [-0.25, -0.2) is 0 Å². The maximum Gasteiger partial charge on any atom is -0.0178 e. The lowest BCUT2D eigenvalue weighted by molar-refractivity contribution is 1.47. The Morgan fingerprint density at radius 2 is 1.10 bits per heavy atom. The molecule has 0 amide bonds. The van der Waals surface area contributed by atoms with Gasteiger partial charge in [0.25, 0.3) is 0 Å². The molecule has 0 saturated carbocycles. The molecule has 98 valence electrons. The Labute approximate surface area is 122 Å². The van der Waals surface area contributed by atoms with Gasteiger partial charge in [0.15, 0.2) is 0 Å². The van der Waals surface area contributed by atoms with Crippen LogP contribution in [0.5, 0.6) is 0 Å². The molecule has 0 aliphatic heterocycles. The molecule has 20 heavy (non-hydrogen) atoms. The number of aryl methyl sites for hydroxylation is 1. The lowest BCUT2D eigenvalue weighted by Gasteiger charge is -2.07. The van der Waals surface area contributed by atoms with Crippen LogP contribution in [0.2, 0.25) is 0 Å². The zero-order valence-electron chi connectivity index (χ0n) is 11.5. The van der Waals surface area contributed by atoms with Crippen LogP contribution in [0.1, 0.15) is 5.56 Å². The quantitative estimate of drug-likeness (QED) is 0.588. The van der Waals surface area contributed by atoms with Crippen molar-refractivity contribution in [3.63, 3.8) is 0 Å². The van der Waals surface area contributed by atoms with E-state index in [2.05, 4.69) is 89.0 Å². The molecule has 0 heterocycles. The molecule has 3 aromatic carbocycles. The molecule has 1 atom stereocenters. The Balaban J connectivity index is 2.01. The maximum atomic E-state index is 2.72. The summed E-state index contributed by atoms with van der Waals surface area (Å²) in [4.78, 5) is 0. The normalized spacial score (nSPS) is 10.5. The summed E-state index contributed by atoms with van der Waals surface area (Å²) in [7, 11) is 2.72. The highest BCUT2D eigenvalue weighted by molar-refractivity contribution is 7.27. The van der Waals surface area contributed by atoms with Crippen molar-refractivity contribution >= 4 is 14.5 Å². The molecule has 0 saturated heterocycles. The molecule has 0 bridgehead atoms. The third-order valence-corrected chi connectivity index (χ3v) is 3.88. The highest BCUT2D eigenvalue weighted by Gasteiger charge is 2.01. The average molecular weight is 276 g/mol. The van der Waals surface area contributed by atoms with E-state index in [4.69, 9.17) is 0 Å². The fourth-order valence-corrected chi connectivity index (χ4v) is 2.49. The van der Waals surface area contributed by atoms with Gasteiger partial charge in [0.05, 0.1) is 0 Å². The Kier molecular flexibility index (Phi) is 3.67. The van der Waals surface area contributed by atoms with Crippen LogP contribution < -0.4 is 5.30 Å². The SMILES string of the molecule is Cc1ccc(-c2cccc(-c3ccc(P)cc3)c2)cc1. The molecule has 0 N–H and O–H groups in total. The molecule has 1 unspecified atom stereocenters. The van der Waals surface area contributed by atoms with Gasteiger partial charge in [-0.1, -0.05) is 72.3 Å². The predicted octanol–water partition coefficient (Wildman–Crippen LogP) is 4.83. The van der Waals surface area contributed by atoms with Gasteiger partial charge in [0.1, 0.15) is 0 Å². The molecule has 0 aliphatic rings. The largest absolute Gasteiger partial charge is 0.106 e. The smallest absolute Gasteiger partial charge is 0.0178 e. The predicted molar refractivity (Wildman–Crippen MR) is 91.4 cm³/mol. The molecule has 0 radical (unpaired) electrons. The summed E-state index contributed by atoms with van der Waals surface area (Å²) in [5, 5.41) is 1.21. The molecule has 1 heteroatoms. The van der Waals surface area contributed by atoms with E-state index in [1.165, 1.54) is 33.1 Å². The van der Waals surface area contributed by atoms with Crippen LogP contribution in [-0.2, 0) is 0 Å². The minimum atomic E-state index is 1.21. The van der Waals surface area contributed by atoms with Gasteiger partial charge in [-0.3, -0.25) is 0 Å². The topological polar surface area (TPSA) is 0 Å². The highest BCUT2D eigenvalue weighted by Crippen LogP contribution is 2.26. The monoisotopic (exact) mass is 276 g/mol. The first-order valence-electron chi connectivity index (χ1n) is 6.75. The fourth-order valence-electron chi connectivity index (χ4n) is 2.30. The highest BCUT2D eigenvalue weighted by atomic mass is 31.0. The minimum absolute atomic E-state index is 1.21. The fraction of sp³-hybridized carbons (Fsp3) is 0.0526. The summed E-state index contributed by atoms with van der Waals surface area (Å²) in [6, 6.07) is 26.0. The van der Waals surface area contributed by atoms with Gasteiger partial charge in [-0.05, 0) is 40.5 Å². The van der Waals surface area contributed by atoms with Crippen molar-refractivity contribution < 1.29 is 0 Å². The van der Waals surface area contributed by atoms with Gasteiger partial charge >= 0.3 is 0 Å². The second-order valence-electron chi connectivity index (χ2n) is 5.07. The zero-order chi connectivity index (χ0) is 13.9. The Morgan fingerprint density at radius 3 is 1.65 bits per heavy atom. The van der Waals surface area contributed by atoms with Crippen molar-refractivity contribution in [1.82, 2.24) is 0 Å². The van der Waals surface area contributed by atoms with E-state index < -0.39 is 0 Å². The van der Waals surface area contributed by atoms with Crippen molar-refractivity contribution in [2.45, 2.75) is 6.92 Å². The zero-order valence-corrected chi connectivity index (χ0v) is 12.7. The number of rotatable bonds is 2. The van der Waals surface area contributed by atoms with Crippen LogP contribution in [0.4, 0.5) is 0 Å². The van der Waals surface area contributed by atoms with Gasteiger partial charge in [-0.2, -0.15) is 0 Å². The summed E-state index contributed by atoms with van der Waals surface area (Å²) >= 11 is 0. The molecule has 0 aliphatic carbocycles. The first-order chi connectivity index (χ1) is 9.72. The Bertz CT molecular complexity index is 649. The third kappa shape index (κ3) is 2.81. The first-order valence-corrected chi connectivity index (χ1v) is 7.33. The van der Waals surface area contributed by atoms with Crippen molar-refractivity contribution in [3.8, 4) is 22.3 Å². The first kappa shape index (κ1) is 13.1. The number of benzene rings is 3. The second-order valence-corrected chi connectivity index (χ2v) is 5.74. The van der Waals surface area contributed by atoms with E-state index in [1.54, 1.807) is 0 Å². The minimum Gasteiger partial charge on any atom is -0.106 e. The van der Waals surface area contributed by atoms with Crippen molar-refractivity contribution in [1.29, 1.82) is 0 Å². The van der Waals surface area contributed by atoms with Crippen LogP contribution in [-0.4, -0.2) is 0 Å². The molecular formula is C19H17P. The molecule has 0 aromatic heterocycles. The summed E-state index contributed by atoms with van der Waals surface area (Å²) in [5.41, 5.74) is 6.33. The third-order valence-electron chi connectivity index (χ3n) is 3.49. The van der Waals surface area contributed by atoms with E-state index in [0.29, 0.717) is 0 Å². The van der Waals surface area contributed by atoms with Crippen LogP contribution in [0.25, 0.3) is 22.3 Å². The van der Waals surface area contributed by atoms with Crippen molar-refractivity contribution in [2.24, 2.45) is 0 Å². The van der Waals surface area contributed by atoms with Crippen molar-refractivity contribution in [2.75, 3.05) is 0 Å². The van der Waals surface area contributed by atoms with Crippen LogP contribution >= 0.6 is 9.24 Å². The molecular weight excluding hydrogens is 259 g/mol. The lowest BCUT2D eigenvalue weighted by Crippen LogP contribution is -1.88. The van der Waals surface area contributed by atoms with E-state index >= 15 is 0 Å². The molecule has 0 fully saturated rings. The summed E-state index contributed by atoms with van der Waals surface area (Å²) in [6.45, 7) is 2.12. The average Bonchev–Trinajstić information content (AvgIpc) is 2.49. The Morgan fingerprint density at radius 1 is 0.600 bits per heavy atom. The van der Waals surface area contributed by atoms with E-state index in [-0.39, 0.29) is 0 Å². The summed E-state index contributed by atoms with van der Waals surface area (Å²) < 4.78 is 0. The molecule has 0 spiro atoms. The van der Waals surface area contributed by atoms with Crippen molar-refractivity contribution in [3.05, 3.63) is 78.4 Å². The Hall–Kier alpha value is -1.91. The molecule has 3 aromatic rings. The molecule has 0 nitrogen and oxygen atoms in total. The van der Waals surface area contributed by atoms with Crippen LogP contribution in [0.3, 0.4) is 0 Å².